The minimum absolute atomic E-state index is 0.0495. The fourth-order valence-electron chi connectivity index (χ4n) is 1.52. The molecule has 2 rings (SSSR count). The molecule has 0 atom stereocenters. The summed E-state index contributed by atoms with van der Waals surface area (Å²) in [5.74, 6) is 0.246. The van der Waals surface area contributed by atoms with Crippen LogP contribution in [0.5, 0.6) is 5.75 Å². The zero-order valence-corrected chi connectivity index (χ0v) is 12.8. The highest BCUT2D eigenvalue weighted by atomic mass is 79.9. The summed E-state index contributed by atoms with van der Waals surface area (Å²) in [5.41, 5.74) is 0.889. The average molecular weight is 387 g/mol. The molecule has 98 valence electrons. The van der Waals surface area contributed by atoms with Crippen LogP contribution in [-0.4, -0.2) is 4.92 Å². The third-order valence-electron chi connectivity index (χ3n) is 2.44. The summed E-state index contributed by atoms with van der Waals surface area (Å²) in [4.78, 5) is 10.5. The van der Waals surface area contributed by atoms with Crippen molar-refractivity contribution >= 4 is 37.5 Å². The average Bonchev–Trinajstić information content (AvgIpc) is 2.39. The first kappa shape index (κ1) is 14.0. The first-order valence-corrected chi connectivity index (χ1v) is 6.96. The molecule has 0 fully saturated rings. The van der Waals surface area contributed by atoms with E-state index in [-0.39, 0.29) is 18.0 Å². The number of hydrogen-bond donors (Lipinski definition) is 0. The van der Waals surface area contributed by atoms with Crippen LogP contribution in [0.2, 0.25) is 0 Å². The first-order chi connectivity index (χ1) is 9.08. The number of rotatable bonds is 4. The second kappa shape index (κ2) is 6.16. The monoisotopic (exact) mass is 385 g/mol. The number of halogens is 2. The van der Waals surface area contributed by atoms with Crippen molar-refractivity contribution in [2.24, 2.45) is 0 Å². The van der Waals surface area contributed by atoms with Gasteiger partial charge in [0.15, 0.2) is 0 Å². The number of hydrogen-bond acceptors (Lipinski definition) is 3. The van der Waals surface area contributed by atoms with Crippen LogP contribution < -0.4 is 4.74 Å². The van der Waals surface area contributed by atoms with Crippen LogP contribution in [0, 0.1) is 10.1 Å². The van der Waals surface area contributed by atoms with Crippen molar-refractivity contribution in [3.05, 3.63) is 67.1 Å². The lowest BCUT2D eigenvalue weighted by Crippen LogP contribution is -1.99. The van der Waals surface area contributed by atoms with E-state index in [0.29, 0.717) is 4.47 Å². The Morgan fingerprint density at radius 3 is 2.42 bits per heavy atom. The molecule has 0 aliphatic rings. The molecule has 0 amide bonds. The summed E-state index contributed by atoms with van der Waals surface area (Å²) < 4.78 is 7.09. The van der Waals surface area contributed by atoms with E-state index in [2.05, 4.69) is 31.9 Å². The van der Waals surface area contributed by atoms with E-state index in [0.717, 1.165) is 10.0 Å². The Bertz CT molecular complexity index is 599. The van der Waals surface area contributed by atoms with Crippen molar-refractivity contribution in [2.45, 2.75) is 6.61 Å². The third-order valence-corrected chi connectivity index (χ3v) is 3.59. The van der Waals surface area contributed by atoms with Gasteiger partial charge in [-0.05, 0) is 39.7 Å². The summed E-state index contributed by atoms with van der Waals surface area (Å²) in [5, 5.41) is 10.9. The van der Waals surface area contributed by atoms with Crippen LogP contribution in [0.3, 0.4) is 0 Å². The number of para-hydroxylation sites is 1. The van der Waals surface area contributed by atoms with Crippen LogP contribution in [0.1, 0.15) is 5.56 Å². The van der Waals surface area contributed by atoms with E-state index in [1.54, 1.807) is 12.1 Å². The fourth-order valence-corrected chi connectivity index (χ4v) is 2.25. The highest BCUT2D eigenvalue weighted by Gasteiger charge is 2.17. The standard InChI is InChI=1S/C13H9Br2NO3/c14-10-6-4-9(5-7-10)8-19-13-11(15)2-1-3-12(13)16(17)18/h1-7H,8H2. The van der Waals surface area contributed by atoms with Gasteiger partial charge >= 0.3 is 5.69 Å². The summed E-state index contributed by atoms with van der Waals surface area (Å²) in [6.45, 7) is 0.275. The Kier molecular flexibility index (Phi) is 4.55. The molecule has 0 radical (unpaired) electrons. The van der Waals surface area contributed by atoms with Crippen LogP contribution in [0.15, 0.2) is 51.4 Å². The molecule has 0 N–H and O–H groups in total. The van der Waals surface area contributed by atoms with E-state index >= 15 is 0 Å². The molecule has 4 nitrogen and oxygen atoms in total. The predicted molar refractivity (Wildman–Crippen MR) is 79.3 cm³/mol. The fraction of sp³-hybridized carbons (Fsp3) is 0.0769. The number of nitro benzene ring substituents is 1. The van der Waals surface area contributed by atoms with Crippen molar-refractivity contribution in [3.63, 3.8) is 0 Å². The second-order valence-corrected chi connectivity index (χ2v) is 5.53. The predicted octanol–water partition coefficient (Wildman–Crippen LogP) is 4.70. The summed E-state index contributed by atoms with van der Waals surface area (Å²) >= 11 is 6.61. The maximum absolute atomic E-state index is 10.9. The largest absolute Gasteiger partial charge is 0.481 e. The number of nitrogens with zero attached hydrogens (tertiary/aromatic N) is 1. The molecule has 0 aliphatic carbocycles. The Morgan fingerprint density at radius 2 is 1.79 bits per heavy atom. The Labute approximate surface area is 126 Å². The summed E-state index contributed by atoms with van der Waals surface area (Å²) in [7, 11) is 0. The highest BCUT2D eigenvalue weighted by Crippen LogP contribution is 2.35. The van der Waals surface area contributed by atoms with Crippen molar-refractivity contribution in [2.75, 3.05) is 0 Å². The van der Waals surface area contributed by atoms with E-state index in [9.17, 15) is 10.1 Å². The molecule has 2 aromatic rings. The van der Waals surface area contributed by atoms with Crippen molar-refractivity contribution in [1.29, 1.82) is 0 Å². The molecule has 0 aromatic heterocycles. The van der Waals surface area contributed by atoms with Gasteiger partial charge in [0.05, 0.1) is 9.40 Å². The normalized spacial score (nSPS) is 10.2. The van der Waals surface area contributed by atoms with Gasteiger partial charge in [0.25, 0.3) is 0 Å². The maximum atomic E-state index is 10.9. The SMILES string of the molecule is O=[N+]([O-])c1cccc(Br)c1OCc1ccc(Br)cc1. The van der Waals surface area contributed by atoms with Crippen LogP contribution >= 0.6 is 31.9 Å². The molecule has 0 spiro atoms. The Balaban J connectivity index is 2.19. The highest BCUT2D eigenvalue weighted by molar-refractivity contribution is 9.10. The summed E-state index contributed by atoms with van der Waals surface area (Å²) in [6, 6.07) is 12.3. The molecule has 0 unspecified atom stereocenters. The first-order valence-electron chi connectivity index (χ1n) is 5.38. The third kappa shape index (κ3) is 3.54. The van der Waals surface area contributed by atoms with Crippen molar-refractivity contribution in [3.8, 4) is 5.75 Å². The van der Waals surface area contributed by atoms with E-state index in [1.165, 1.54) is 6.07 Å². The lowest BCUT2D eigenvalue weighted by molar-refractivity contribution is -0.386. The Hall–Kier alpha value is -1.40. The quantitative estimate of drug-likeness (QED) is 0.565. The van der Waals surface area contributed by atoms with Crippen molar-refractivity contribution < 1.29 is 9.66 Å². The molecule has 2 aromatic carbocycles. The molecule has 6 heteroatoms. The molecular formula is C13H9Br2NO3. The number of benzene rings is 2. The zero-order chi connectivity index (χ0) is 13.8. The smallest absolute Gasteiger partial charge is 0.312 e. The lowest BCUT2D eigenvalue weighted by Gasteiger charge is -2.08. The second-order valence-electron chi connectivity index (χ2n) is 3.76. The maximum Gasteiger partial charge on any atom is 0.312 e. The van der Waals surface area contributed by atoms with Gasteiger partial charge in [0, 0.05) is 10.5 Å². The zero-order valence-electron chi connectivity index (χ0n) is 9.68. The van der Waals surface area contributed by atoms with E-state index < -0.39 is 4.92 Å². The van der Waals surface area contributed by atoms with Crippen LogP contribution in [0.25, 0.3) is 0 Å². The van der Waals surface area contributed by atoms with E-state index in [4.69, 9.17) is 4.74 Å². The van der Waals surface area contributed by atoms with Gasteiger partial charge in [-0.15, -0.1) is 0 Å². The number of ether oxygens (including phenoxy) is 1. The van der Waals surface area contributed by atoms with Crippen LogP contribution in [-0.2, 0) is 6.61 Å². The topological polar surface area (TPSA) is 52.4 Å². The minimum Gasteiger partial charge on any atom is -0.481 e. The molecule has 19 heavy (non-hydrogen) atoms. The van der Waals surface area contributed by atoms with Gasteiger partial charge in [-0.25, -0.2) is 0 Å². The summed E-state index contributed by atoms with van der Waals surface area (Å²) in [6.07, 6.45) is 0. The number of nitro groups is 1. The minimum atomic E-state index is -0.457. The Morgan fingerprint density at radius 1 is 1.11 bits per heavy atom. The molecule has 0 heterocycles. The van der Waals surface area contributed by atoms with Gasteiger partial charge in [-0.2, -0.15) is 0 Å². The van der Waals surface area contributed by atoms with E-state index in [1.807, 2.05) is 24.3 Å². The van der Waals surface area contributed by atoms with Gasteiger partial charge in [-0.3, -0.25) is 10.1 Å². The van der Waals surface area contributed by atoms with Crippen molar-refractivity contribution in [1.82, 2.24) is 0 Å². The molecule has 0 saturated carbocycles. The molecular weight excluding hydrogens is 378 g/mol. The van der Waals surface area contributed by atoms with Crippen LogP contribution in [0.4, 0.5) is 5.69 Å². The molecule has 0 bridgehead atoms. The van der Waals surface area contributed by atoms with Gasteiger partial charge in [0.2, 0.25) is 5.75 Å². The van der Waals surface area contributed by atoms with Gasteiger partial charge in [-0.1, -0.05) is 34.1 Å². The van der Waals surface area contributed by atoms with Gasteiger partial charge in [0.1, 0.15) is 6.61 Å². The lowest BCUT2D eigenvalue weighted by atomic mass is 10.2. The van der Waals surface area contributed by atoms with Gasteiger partial charge < -0.3 is 4.74 Å². The molecule has 0 saturated heterocycles. The molecule has 0 aliphatic heterocycles.